The summed E-state index contributed by atoms with van der Waals surface area (Å²) in [5, 5.41) is 6.05. The van der Waals surface area contributed by atoms with Gasteiger partial charge in [-0.05, 0) is 63.0 Å². The number of carbonyl (C=O) groups is 2. The Kier molecular flexibility index (Phi) is 8.18. The van der Waals surface area contributed by atoms with Gasteiger partial charge in [-0.2, -0.15) is 8.78 Å². The molecule has 7 nitrogen and oxygen atoms in total. The molecule has 0 radical (unpaired) electrons. The van der Waals surface area contributed by atoms with E-state index in [0.29, 0.717) is 51.0 Å². The van der Waals surface area contributed by atoms with E-state index in [9.17, 15) is 18.4 Å². The Morgan fingerprint density at radius 1 is 1.28 bits per heavy atom. The Morgan fingerprint density at radius 2 is 1.93 bits per heavy atom. The summed E-state index contributed by atoms with van der Waals surface area (Å²) in [5.74, 6) is -0.458. The summed E-state index contributed by atoms with van der Waals surface area (Å²) in [5.41, 5.74) is -0.337. The van der Waals surface area contributed by atoms with Gasteiger partial charge in [0.2, 0.25) is 5.91 Å². The number of nitrogens with one attached hydrogen (secondary N) is 2. The number of hydrogen-bond acceptors (Lipinski definition) is 5. The lowest BCUT2D eigenvalue weighted by molar-refractivity contribution is -0.149. The van der Waals surface area contributed by atoms with Crippen LogP contribution in [0.4, 0.5) is 14.5 Å². The van der Waals surface area contributed by atoms with Gasteiger partial charge in [0.05, 0.1) is 0 Å². The number of hydrogen-bond donors (Lipinski definition) is 2. The van der Waals surface area contributed by atoms with Crippen molar-refractivity contribution in [2.75, 3.05) is 31.6 Å². The minimum absolute atomic E-state index is 0. The maximum Gasteiger partial charge on any atom is 0.387 e. The maximum atomic E-state index is 12.9. The fourth-order valence-corrected chi connectivity index (χ4v) is 3.72. The Morgan fingerprint density at radius 3 is 2.52 bits per heavy atom. The first-order valence-corrected chi connectivity index (χ1v) is 9.38. The Hall–Kier alpha value is -1.97. The molecule has 0 saturated carbocycles. The van der Waals surface area contributed by atoms with Gasteiger partial charge < -0.3 is 25.0 Å². The molecule has 3 rings (SSSR count). The number of nitrogens with zero attached hydrogens (tertiary/aromatic N) is 1. The van der Waals surface area contributed by atoms with Crippen LogP contribution in [-0.4, -0.2) is 56.8 Å². The van der Waals surface area contributed by atoms with E-state index < -0.39 is 18.3 Å². The highest BCUT2D eigenvalue weighted by atomic mass is 35.5. The number of rotatable bonds is 6. The highest BCUT2D eigenvalue weighted by molar-refractivity contribution is 6.00. The lowest BCUT2D eigenvalue weighted by Crippen LogP contribution is -2.60. The molecule has 1 aromatic carbocycles. The second-order valence-corrected chi connectivity index (χ2v) is 6.98. The number of piperidine rings is 2. The molecule has 1 unspecified atom stereocenters. The van der Waals surface area contributed by atoms with E-state index in [1.165, 1.54) is 19.2 Å². The third kappa shape index (κ3) is 5.34. The molecule has 2 fully saturated rings. The molecule has 0 aromatic heterocycles. The number of carbonyl (C=O) groups excluding carboxylic acids is 2. The summed E-state index contributed by atoms with van der Waals surface area (Å²) in [4.78, 5) is 27.3. The van der Waals surface area contributed by atoms with Crippen LogP contribution < -0.4 is 20.3 Å². The first-order chi connectivity index (χ1) is 13.4. The normalized spacial score (nSPS) is 21.4. The summed E-state index contributed by atoms with van der Waals surface area (Å²) in [6, 6.07) is 5.27. The zero-order chi connectivity index (χ0) is 20.1. The van der Waals surface area contributed by atoms with E-state index >= 15 is 0 Å². The summed E-state index contributed by atoms with van der Waals surface area (Å²) in [7, 11) is 1.52. The van der Waals surface area contributed by atoms with Crippen molar-refractivity contribution in [1.29, 1.82) is 0 Å². The molecule has 2 saturated heterocycles. The Balaban J connectivity index is 0.00000300. The first-order valence-electron chi connectivity index (χ1n) is 9.38. The van der Waals surface area contributed by atoms with Crippen molar-refractivity contribution in [3.05, 3.63) is 24.3 Å². The molecule has 2 heterocycles. The van der Waals surface area contributed by atoms with Gasteiger partial charge in [0.15, 0.2) is 0 Å². The van der Waals surface area contributed by atoms with Crippen molar-refractivity contribution in [3.8, 4) is 5.75 Å². The molecule has 10 heteroatoms. The summed E-state index contributed by atoms with van der Waals surface area (Å²) in [6.45, 7) is -1.04. The van der Waals surface area contributed by atoms with Gasteiger partial charge in [0.1, 0.15) is 17.4 Å². The van der Waals surface area contributed by atoms with Crippen LogP contribution >= 0.6 is 12.4 Å². The number of ether oxygens (including phenoxy) is 2. The average Bonchev–Trinajstić information content (AvgIpc) is 2.70. The van der Waals surface area contributed by atoms with Crippen molar-refractivity contribution in [2.45, 2.75) is 43.9 Å². The average molecular weight is 434 g/mol. The smallest absolute Gasteiger partial charge is 0.387 e. The number of amides is 2. The minimum atomic E-state index is -2.90. The fourth-order valence-electron chi connectivity index (χ4n) is 3.72. The summed E-state index contributed by atoms with van der Waals surface area (Å²) in [6.07, 6.45) is 2.36. The molecule has 2 aliphatic heterocycles. The number of methoxy groups -OCH3 is 1. The van der Waals surface area contributed by atoms with Gasteiger partial charge in [0, 0.05) is 19.3 Å². The van der Waals surface area contributed by atoms with Crippen molar-refractivity contribution in [3.63, 3.8) is 0 Å². The molecule has 1 aromatic rings. The van der Waals surface area contributed by atoms with E-state index in [1.807, 2.05) is 0 Å². The third-order valence-corrected chi connectivity index (χ3v) is 5.33. The number of alkyl halides is 2. The maximum absolute atomic E-state index is 12.9. The van der Waals surface area contributed by atoms with E-state index in [2.05, 4.69) is 15.4 Å². The van der Waals surface area contributed by atoms with Gasteiger partial charge >= 0.3 is 6.61 Å². The van der Waals surface area contributed by atoms with Gasteiger partial charge in [0.25, 0.3) is 5.91 Å². The molecular weight excluding hydrogens is 408 g/mol. The second-order valence-electron chi connectivity index (χ2n) is 6.98. The van der Waals surface area contributed by atoms with Gasteiger partial charge in [-0.15, -0.1) is 12.4 Å². The monoisotopic (exact) mass is 433 g/mol. The molecule has 0 aliphatic carbocycles. The zero-order valence-corrected chi connectivity index (χ0v) is 17.0. The lowest BCUT2D eigenvalue weighted by atomic mass is 9.90. The quantitative estimate of drug-likeness (QED) is 0.718. The molecule has 0 bridgehead atoms. The molecule has 2 amide bonds. The van der Waals surface area contributed by atoms with Crippen molar-refractivity contribution in [2.24, 2.45) is 0 Å². The van der Waals surface area contributed by atoms with Gasteiger partial charge in [-0.3, -0.25) is 9.59 Å². The molecule has 162 valence electrons. The van der Waals surface area contributed by atoms with E-state index in [1.54, 1.807) is 17.0 Å². The summed E-state index contributed by atoms with van der Waals surface area (Å²) < 4.78 is 34.4. The molecule has 2 N–H and O–H groups in total. The molecule has 1 atom stereocenters. The predicted molar refractivity (Wildman–Crippen MR) is 106 cm³/mol. The van der Waals surface area contributed by atoms with Crippen LogP contribution in [-0.2, 0) is 14.3 Å². The molecule has 0 spiro atoms. The van der Waals surface area contributed by atoms with Gasteiger partial charge in [-0.25, -0.2) is 0 Å². The van der Waals surface area contributed by atoms with Crippen molar-refractivity contribution < 1.29 is 27.8 Å². The number of anilines is 1. The predicted octanol–water partition coefficient (Wildman–Crippen LogP) is 2.09. The third-order valence-electron chi connectivity index (χ3n) is 5.33. The Bertz CT molecular complexity index is 699. The van der Waals surface area contributed by atoms with E-state index in [4.69, 9.17) is 4.74 Å². The van der Waals surface area contributed by atoms with Crippen LogP contribution in [0.5, 0.6) is 5.75 Å². The number of benzene rings is 1. The van der Waals surface area contributed by atoms with Crippen LogP contribution in [0.1, 0.15) is 25.7 Å². The van der Waals surface area contributed by atoms with Crippen molar-refractivity contribution >= 4 is 29.9 Å². The molecule has 29 heavy (non-hydrogen) atoms. The van der Waals surface area contributed by atoms with Crippen LogP contribution in [0.25, 0.3) is 0 Å². The van der Waals surface area contributed by atoms with Gasteiger partial charge in [-0.1, -0.05) is 0 Å². The molecule has 2 aliphatic rings. The first kappa shape index (κ1) is 23.3. The van der Waals surface area contributed by atoms with Crippen LogP contribution in [0.2, 0.25) is 0 Å². The standard InChI is InChI=1S/C19H25F2N3O4.ClH/c1-27-19(8-10-22-11-9-19)17(26)23-15-3-2-12-24(16(15)25)13-4-6-14(7-5-13)28-18(20)21;/h4-7,15,18,22H,2-3,8-12H2,1H3,(H,23,26);1H. The highest BCUT2D eigenvalue weighted by Gasteiger charge is 2.42. The minimum Gasteiger partial charge on any atom is -0.435 e. The zero-order valence-electron chi connectivity index (χ0n) is 16.2. The molecular formula is C19H26ClF2N3O4. The SMILES string of the molecule is COC1(C(=O)NC2CCCN(c3ccc(OC(F)F)cc3)C2=O)CCNCC1.Cl. The van der Waals surface area contributed by atoms with E-state index in [0.717, 1.165) is 0 Å². The van der Waals surface area contributed by atoms with Crippen LogP contribution in [0.3, 0.4) is 0 Å². The lowest BCUT2D eigenvalue weighted by Gasteiger charge is -2.38. The van der Waals surface area contributed by atoms with E-state index in [-0.39, 0.29) is 30.0 Å². The number of halogens is 3. The second kappa shape index (κ2) is 10.2. The topological polar surface area (TPSA) is 79.9 Å². The highest BCUT2D eigenvalue weighted by Crippen LogP contribution is 2.26. The van der Waals surface area contributed by atoms with Crippen LogP contribution in [0.15, 0.2) is 24.3 Å². The fraction of sp³-hybridized carbons (Fsp3) is 0.579. The summed E-state index contributed by atoms with van der Waals surface area (Å²) >= 11 is 0. The Labute approximate surface area is 174 Å². The largest absolute Gasteiger partial charge is 0.435 e. The van der Waals surface area contributed by atoms with Crippen molar-refractivity contribution in [1.82, 2.24) is 10.6 Å². The van der Waals surface area contributed by atoms with Crippen LogP contribution in [0, 0.1) is 0 Å².